The second-order valence-corrected chi connectivity index (χ2v) is 5.29. The predicted molar refractivity (Wildman–Crippen MR) is 59.9 cm³/mol. The zero-order valence-corrected chi connectivity index (χ0v) is 10.3. The van der Waals surface area contributed by atoms with Gasteiger partial charge in [-0.05, 0) is 34.6 Å². The van der Waals surface area contributed by atoms with Gasteiger partial charge in [0.2, 0.25) is 0 Å². The Kier molecular flexibility index (Phi) is 3.60. The fraction of sp³-hybridized carbons (Fsp3) is 0.909. The molecule has 0 aromatic heterocycles. The van der Waals surface area contributed by atoms with Crippen molar-refractivity contribution in [2.24, 2.45) is 0 Å². The summed E-state index contributed by atoms with van der Waals surface area (Å²) in [7, 11) is 0. The summed E-state index contributed by atoms with van der Waals surface area (Å²) in [6.45, 7) is 11.3. The molecule has 4 nitrogen and oxygen atoms in total. The van der Waals surface area contributed by atoms with E-state index in [1.807, 2.05) is 27.7 Å². The van der Waals surface area contributed by atoms with Crippen LogP contribution in [0.2, 0.25) is 0 Å². The van der Waals surface area contributed by atoms with Gasteiger partial charge >= 0.3 is 6.09 Å². The molecule has 1 amide bonds. The molecule has 0 radical (unpaired) electrons. The molecule has 4 heteroatoms. The first-order valence-electron chi connectivity index (χ1n) is 5.52. The number of hydrogen-bond donors (Lipinski definition) is 1. The Hall–Kier alpha value is -0.770. The number of nitrogens with zero attached hydrogens (tertiary/aromatic N) is 1. The van der Waals surface area contributed by atoms with Crippen molar-refractivity contribution in [2.45, 2.75) is 52.3 Å². The van der Waals surface area contributed by atoms with Crippen LogP contribution in [0.1, 0.15) is 34.6 Å². The molecule has 0 bridgehead atoms. The number of ether oxygens (including phenoxy) is 1. The minimum Gasteiger partial charge on any atom is -0.444 e. The maximum absolute atomic E-state index is 11.8. The topological polar surface area (TPSA) is 41.6 Å². The molecule has 0 aromatic carbocycles. The van der Waals surface area contributed by atoms with Gasteiger partial charge in [-0.2, -0.15) is 0 Å². The van der Waals surface area contributed by atoms with Gasteiger partial charge in [0, 0.05) is 25.2 Å². The molecule has 0 aliphatic carbocycles. The minimum absolute atomic E-state index is 0.205. The number of piperazine rings is 1. The Morgan fingerprint density at radius 3 is 2.53 bits per heavy atom. The van der Waals surface area contributed by atoms with Gasteiger partial charge in [-0.25, -0.2) is 4.79 Å². The van der Waals surface area contributed by atoms with E-state index in [-0.39, 0.29) is 12.1 Å². The first-order valence-corrected chi connectivity index (χ1v) is 5.52. The summed E-state index contributed by atoms with van der Waals surface area (Å²) >= 11 is 0. The van der Waals surface area contributed by atoms with E-state index < -0.39 is 5.60 Å². The van der Waals surface area contributed by atoms with E-state index in [1.54, 1.807) is 4.90 Å². The number of nitrogens with one attached hydrogen (secondary N) is 1. The molecule has 1 fully saturated rings. The van der Waals surface area contributed by atoms with Gasteiger partial charge in [-0.15, -0.1) is 0 Å². The Morgan fingerprint density at radius 2 is 2.00 bits per heavy atom. The highest BCUT2D eigenvalue weighted by molar-refractivity contribution is 5.68. The lowest BCUT2D eigenvalue weighted by Crippen LogP contribution is -2.57. The molecule has 1 heterocycles. The van der Waals surface area contributed by atoms with E-state index in [9.17, 15) is 4.79 Å². The van der Waals surface area contributed by atoms with Crippen molar-refractivity contribution >= 4 is 6.09 Å². The largest absolute Gasteiger partial charge is 0.444 e. The van der Waals surface area contributed by atoms with Gasteiger partial charge in [0.15, 0.2) is 0 Å². The van der Waals surface area contributed by atoms with Crippen molar-refractivity contribution in [3.05, 3.63) is 0 Å². The first-order chi connectivity index (χ1) is 6.79. The smallest absolute Gasteiger partial charge is 0.410 e. The molecule has 1 saturated heterocycles. The van der Waals surface area contributed by atoms with E-state index in [0.29, 0.717) is 6.04 Å². The lowest BCUT2D eigenvalue weighted by Gasteiger charge is -2.38. The highest BCUT2D eigenvalue weighted by Crippen LogP contribution is 2.14. The summed E-state index contributed by atoms with van der Waals surface area (Å²) in [5, 5.41) is 3.33. The highest BCUT2D eigenvalue weighted by Gasteiger charge is 2.29. The average molecular weight is 214 g/mol. The Labute approximate surface area is 92.0 Å². The van der Waals surface area contributed by atoms with Crippen LogP contribution in [-0.2, 0) is 4.74 Å². The maximum atomic E-state index is 11.8. The average Bonchev–Trinajstić information content (AvgIpc) is 2.06. The molecule has 15 heavy (non-hydrogen) atoms. The van der Waals surface area contributed by atoms with Crippen molar-refractivity contribution in [3.8, 4) is 0 Å². The Balaban J connectivity index is 2.57. The molecular weight excluding hydrogens is 192 g/mol. The van der Waals surface area contributed by atoms with E-state index in [1.165, 1.54) is 0 Å². The van der Waals surface area contributed by atoms with Crippen LogP contribution in [0.4, 0.5) is 4.79 Å². The summed E-state index contributed by atoms with van der Waals surface area (Å²) in [5.41, 5.74) is -0.412. The normalized spacial score (nSPS) is 27.7. The van der Waals surface area contributed by atoms with Gasteiger partial charge in [0.25, 0.3) is 0 Å². The van der Waals surface area contributed by atoms with Crippen molar-refractivity contribution < 1.29 is 9.53 Å². The monoisotopic (exact) mass is 214 g/mol. The lowest BCUT2D eigenvalue weighted by molar-refractivity contribution is 0.0104. The van der Waals surface area contributed by atoms with Crippen molar-refractivity contribution in [2.75, 3.05) is 13.1 Å². The second kappa shape index (κ2) is 4.39. The van der Waals surface area contributed by atoms with Gasteiger partial charge in [-0.1, -0.05) is 0 Å². The van der Waals surface area contributed by atoms with Gasteiger partial charge in [0.1, 0.15) is 5.60 Å². The summed E-state index contributed by atoms with van der Waals surface area (Å²) in [5.74, 6) is 0. The third-order valence-corrected chi connectivity index (χ3v) is 2.39. The number of rotatable bonds is 0. The molecule has 1 N–H and O–H groups in total. The standard InChI is InChI=1S/C11H22N2O2/c1-8-7-13(9(2)6-12-8)10(14)15-11(3,4)5/h8-9,12H,6-7H2,1-5H3/t8?,9-/m0/s1. The summed E-state index contributed by atoms with van der Waals surface area (Å²) in [6, 6.07) is 0.546. The van der Waals surface area contributed by atoms with Crippen molar-refractivity contribution in [3.63, 3.8) is 0 Å². The number of carbonyl (C=O) groups is 1. The number of hydrogen-bond acceptors (Lipinski definition) is 3. The SMILES string of the molecule is CC1CN(C(=O)OC(C)(C)C)[C@@H](C)CN1. The van der Waals surface area contributed by atoms with Gasteiger partial charge < -0.3 is 15.0 Å². The predicted octanol–water partition coefficient (Wildman–Crippen LogP) is 1.60. The zero-order valence-electron chi connectivity index (χ0n) is 10.3. The van der Waals surface area contributed by atoms with E-state index in [4.69, 9.17) is 4.74 Å². The molecule has 0 aromatic rings. The van der Waals surface area contributed by atoms with E-state index in [0.717, 1.165) is 13.1 Å². The Morgan fingerprint density at radius 1 is 1.40 bits per heavy atom. The quantitative estimate of drug-likeness (QED) is 0.666. The Bertz CT molecular complexity index is 235. The highest BCUT2D eigenvalue weighted by atomic mass is 16.6. The van der Waals surface area contributed by atoms with Crippen LogP contribution in [0.3, 0.4) is 0 Å². The summed E-state index contributed by atoms with van der Waals surface area (Å²) in [6.07, 6.45) is -0.205. The van der Waals surface area contributed by atoms with Gasteiger partial charge in [0.05, 0.1) is 0 Å². The molecule has 0 spiro atoms. The fourth-order valence-corrected chi connectivity index (χ4v) is 1.60. The second-order valence-electron chi connectivity index (χ2n) is 5.29. The van der Waals surface area contributed by atoms with Crippen LogP contribution in [0, 0.1) is 0 Å². The van der Waals surface area contributed by atoms with Crippen molar-refractivity contribution in [1.29, 1.82) is 0 Å². The van der Waals surface area contributed by atoms with Crippen LogP contribution in [0.25, 0.3) is 0 Å². The van der Waals surface area contributed by atoms with Gasteiger partial charge in [-0.3, -0.25) is 0 Å². The summed E-state index contributed by atoms with van der Waals surface area (Å²) in [4.78, 5) is 13.6. The van der Waals surface area contributed by atoms with Crippen LogP contribution in [-0.4, -0.2) is 41.8 Å². The van der Waals surface area contributed by atoms with Crippen molar-refractivity contribution in [1.82, 2.24) is 10.2 Å². The third-order valence-electron chi connectivity index (χ3n) is 2.39. The van der Waals surface area contributed by atoms with E-state index in [2.05, 4.69) is 12.2 Å². The third kappa shape index (κ3) is 3.70. The fourth-order valence-electron chi connectivity index (χ4n) is 1.60. The van der Waals surface area contributed by atoms with Crippen LogP contribution in [0.15, 0.2) is 0 Å². The van der Waals surface area contributed by atoms with Crippen LogP contribution < -0.4 is 5.32 Å². The molecule has 88 valence electrons. The lowest BCUT2D eigenvalue weighted by atomic mass is 10.1. The molecule has 1 rings (SSSR count). The first kappa shape index (κ1) is 12.3. The molecule has 2 atom stereocenters. The minimum atomic E-state index is -0.412. The summed E-state index contributed by atoms with van der Waals surface area (Å²) < 4.78 is 5.36. The van der Waals surface area contributed by atoms with E-state index >= 15 is 0 Å². The van der Waals surface area contributed by atoms with Crippen LogP contribution in [0.5, 0.6) is 0 Å². The number of amides is 1. The van der Waals surface area contributed by atoms with Crippen LogP contribution >= 0.6 is 0 Å². The maximum Gasteiger partial charge on any atom is 0.410 e. The molecule has 1 aliphatic rings. The zero-order chi connectivity index (χ0) is 11.6. The molecular formula is C11H22N2O2. The number of carbonyl (C=O) groups excluding carboxylic acids is 1. The molecule has 1 aliphatic heterocycles. The molecule has 0 saturated carbocycles. The molecule has 1 unspecified atom stereocenters.